The second-order valence-corrected chi connectivity index (χ2v) is 8.37. The van der Waals surface area contributed by atoms with E-state index in [1.54, 1.807) is 6.07 Å². The van der Waals surface area contributed by atoms with Crippen molar-refractivity contribution in [2.45, 2.75) is 26.2 Å². The highest BCUT2D eigenvalue weighted by molar-refractivity contribution is 6.07. The third kappa shape index (κ3) is 4.05. The number of hydrogen-bond acceptors (Lipinski definition) is 4. The van der Waals surface area contributed by atoms with E-state index in [1.807, 2.05) is 30.3 Å². The van der Waals surface area contributed by atoms with Crippen LogP contribution < -0.4 is 15.9 Å². The normalized spacial score (nSPS) is 14.9. The number of hydrogen-bond donors (Lipinski definition) is 3. The Kier molecular flexibility index (Phi) is 4.92. The van der Waals surface area contributed by atoms with Crippen LogP contribution in [0, 0.1) is 0 Å². The smallest absolute Gasteiger partial charge is 0.323 e. The van der Waals surface area contributed by atoms with E-state index in [1.165, 1.54) is 5.56 Å². The number of benzene rings is 2. The van der Waals surface area contributed by atoms with Gasteiger partial charge in [0, 0.05) is 18.7 Å². The van der Waals surface area contributed by atoms with E-state index in [0.717, 1.165) is 18.8 Å². The lowest BCUT2D eigenvalue weighted by atomic mass is 9.87. The van der Waals surface area contributed by atoms with E-state index in [2.05, 4.69) is 41.0 Å². The molecule has 2 aromatic carbocycles. The van der Waals surface area contributed by atoms with Crippen LogP contribution in [0.2, 0.25) is 0 Å². The van der Waals surface area contributed by atoms with Crippen molar-refractivity contribution in [3.05, 3.63) is 58.0 Å². The van der Waals surface area contributed by atoms with Gasteiger partial charge in [-0.15, -0.1) is 0 Å². The lowest BCUT2D eigenvalue weighted by molar-refractivity contribution is 0.102. The first-order chi connectivity index (χ1) is 13.8. The molecule has 0 saturated carbocycles. The molecule has 3 aromatic rings. The van der Waals surface area contributed by atoms with Crippen molar-refractivity contribution in [1.29, 1.82) is 0 Å². The van der Waals surface area contributed by atoms with Gasteiger partial charge in [-0.2, -0.15) is 0 Å². The summed E-state index contributed by atoms with van der Waals surface area (Å²) in [5.74, 6) is -0.183. The Morgan fingerprint density at radius 3 is 2.28 bits per heavy atom. The zero-order chi connectivity index (χ0) is 20.6. The van der Waals surface area contributed by atoms with Crippen LogP contribution >= 0.6 is 0 Å². The topological polar surface area (TPSA) is 90.2 Å². The molecule has 1 aliphatic rings. The molecule has 0 unspecified atom stereocenters. The second kappa shape index (κ2) is 7.40. The molecule has 1 saturated heterocycles. The molecule has 0 spiro atoms. The highest BCUT2D eigenvalue weighted by Gasteiger charge is 2.19. The minimum absolute atomic E-state index is 0.0314. The van der Waals surface area contributed by atoms with Crippen molar-refractivity contribution in [3.8, 4) is 0 Å². The number of anilines is 2. The van der Waals surface area contributed by atoms with Gasteiger partial charge in [0.15, 0.2) is 0 Å². The monoisotopic (exact) mass is 394 g/mol. The number of amides is 1. The number of ether oxygens (including phenoxy) is 1. The third-order valence-corrected chi connectivity index (χ3v) is 5.25. The van der Waals surface area contributed by atoms with Gasteiger partial charge >= 0.3 is 5.69 Å². The van der Waals surface area contributed by atoms with E-state index in [-0.39, 0.29) is 17.0 Å². The summed E-state index contributed by atoms with van der Waals surface area (Å²) in [6, 6.07) is 11.4. The van der Waals surface area contributed by atoms with Gasteiger partial charge in [-0.25, -0.2) is 4.79 Å². The lowest BCUT2D eigenvalue weighted by Crippen LogP contribution is -2.36. The molecule has 7 heteroatoms. The molecule has 0 aliphatic carbocycles. The molecule has 0 radical (unpaired) electrons. The summed E-state index contributed by atoms with van der Waals surface area (Å²) in [5.41, 5.74) is 4.44. The Balaban J connectivity index is 1.66. The van der Waals surface area contributed by atoms with Gasteiger partial charge in [-0.3, -0.25) is 4.79 Å². The van der Waals surface area contributed by atoms with Crippen LogP contribution in [-0.4, -0.2) is 42.2 Å². The minimum Gasteiger partial charge on any atom is -0.378 e. The standard InChI is InChI=1S/C22H26N4O3/c1-22(2,3)15-6-4-14(5-7-15)20(27)23-18-12-16-17(25-21(28)24-16)13-19(18)26-8-10-29-11-9-26/h4-7,12-13H,8-11H2,1-3H3,(H,23,27)(H2,24,25,28). The molecule has 4 rings (SSSR count). The van der Waals surface area contributed by atoms with Crippen LogP contribution in [0.1, 0.15) is 36.7 Å². The highest BCUT2D eigenvalue weighted by atomic mass is 16.5. The SMILES string of the molecule is CC(C)(C)c1ccc(C(=O)Nc2cc3[nH]c(=O)[nH]c3cc2N2CCOCC2)cc1. The number of imidazole rings is 1. The van der Waals surface area contributed by atoms with Gasteiger partial charge in [0.2, 0.25) is 0 Å². The van der Waals surface area contributed by atoms with Crippen LogP contribution in [0.5, 0.6) is 0 Å². The first-order valence-electron chi connectivity index (χ1n) is 9.82. The summed E-state index contributed by atoms with van der Waals surface area (Å²) in [6.45, 7) is 9.13. The van der Waals surface area contributed by atoms with Crippen LogP contribution in [0.4, 0.5) is 11.4 Å². The van der Waals surface area contributed by atoms with Gasteiger partial charge in [0.25, 0.3) is 5.91 Å². The molecule has 29 heavy (non-hydrogen) atoms. The summed E-state index contributed by atoms with van der Waals surface area (Å²) in [6.07, 6.45) is 0. The van der Waals surface area contributed by atoms with E-state index in [9.17, 15) is 9.59 Å². The van der Waals surface area contributed by atoms with E-state index < -0.39 is 0 Å². The van der Waals surface area contributed by atoms with Crippen molar-refractivity contribution in [1.82, 2.24) is 9.97 Å². The molecule has 2 heterocycles. The summed E-state index contributed by atoms with van der Waals surface area (Å²) in [5, 5.41) is 3.03. The largest absolute Gasteiger partial charge is 0.378 e. The maximum absolute atomic E-state index is 12.9. The number of morpholine rings is 1. The fourth-order valence-electron chi connectivity index (χ4n) is 3.55. The molecule has 3 N–H and O–H groups in total. The molecule has 0 bridgehead atoms. The first kappa shape index (κ1) is 19.3. The highest BCUT2D eigenvalue weighted by Crippen LogP contribution is 2.31. The van der Waals surface area contributed by atoms with Gasteiger partial charge in [0.1, 0.15) is 0 Å². The average Bonchev–Trinajstić information content (AvgIpc) is 3.06. The molecule has 0 atom stereocenters. The molecule has 7 nitrogen and oxygen atoms in total. The molecule has 1 aromatic heterocycles. The lowest BCUT2D eigenvalue weighted by Gasteiger charge is -2.30. The van der Waals surface area contributed by atoms with Gasteiger partial charge in [-0.1, -0.05) is 32.9 Å². The number of fused-ring (bicyclic) bond motifs is 1. The first-order valence-corrected chi connectivity index (χ1v) is 9.82. The van der Waals surface area contributed by atoms with Crippen molar-refractivity contribution in [2.75, 3.05) is 36.5 Å². The number of aromatic amines is 2. The zero-order valence-electron chi connectivity index (χ0n) is 17.0. The molecule has 1 amide bonds. The van der Waals surface area contributed by atoms with Crippen LogP contribution in [0.15, 0.2) is 41.2 Å². The molecular weight excluding hydrogens is 368 g/mol. The summed E-state index contributed by atoms with van der Waals surface area (Å²) in [4.78, 5) is 32.3. The summed E-state index contributed by atoms with van der Waals surface area (Å²) < 4.78 is 5.45. The van der Waals surface area contributed by atoms with Crippen LogP contribution in [0.25, 0.3) is 11.0 Å². The predicted molar refractivity (Wildman–Crippen MR) is 115 cm³/mol. The van der Waals surface area contributed by atoms with Crippen LogP contribution in [0.3, 0.4) is 0 Å². The Morgan fingerprint density at radius 2 is 1.66 bits per heavy atom. The summed E-state index contributed by atoms with van der Waals surface area (Å²) in [7, 11) is 0. The average molecular weight is 394 g/mol. The van der Waals surface area contributed by atoms with Gasteiger partial charge in [-0.05, 0) is 35.2 Å². The Morgan fingerprint density at radius 1 is 1.03 bits per heavy atom. The summed E-state index contributed by atoms with van der Waals surface area (Å²) >= 11 is 0. The number of nitrogens with zero attached hydrogens (tertiary/aromatic N) is 1. The number of H-pyrrole nitrogens is 2. The van der Waals surface area contributed by atoms with Gasteiger partial charge in [0.05, 0.1) is 35.6 Å². The number of carbonyl (C=O) groups is 1. The fraction of sp³-hybridized carbons (Fsp3) is 0.364. The Hall–Kier alpha value is -3.06. The number of nitrogens with one attached hydrogen (secondary N) is 3. The molecular formula is C22H26N4O3. The zero-order valence-corrected chi connectivity index (χ0v) is 17.0. The minimum atomic E-state index is -0.269. The van der Waals surface area contributed by atoms with E-state index >= 15 is 0 Å². The van der Waals surface area contributed by atoms with Crippen LogP contribution in [-0.2, 0) is 10.2 Å². The quantitative estimate of drug-likeness (QED) is 0.636. The molecule has 1 fully saturated rings. The van der Waals surface area contributed by atoms with Crippen molar-refractivity contribution >= 4 is 28.3 Å². The second-order valence-electron chi connectivity index (χ2n) is 8.37. The number of aromatic nitrogens is 2. The number of rotatable bonds is 3. The maximum atomic E-state index is 12.9. The molecule has 1 aliphatic heterocycles. The molecule has 152 valence electrons. The van der Waals surface area contributed by atoms with Crippen molar-refractivity contribution in [3.63, 3.8) is 0 Å². The van der Waals surface area contributed by atoms with Gasteiger partial charge < -0.3 is 24.9 Å². The van der Waals surface area contributed by atoms with Crippen molar-refractivity contribution in [2.24, 2.45) is 0 Å². The number of carbonyl (C=O) groups excluding carboxylic acids is 1. The predicted octanol–water partition coefficient (Wildman–Crippen LogP) is 3.24. The fourth-order valence-corrected chi connectivity index (χ4v) is 3.55. The van der Waals surface area contributed by atoms with E-state index in [4.69, 9.17) is 4.74 Å². The third-order valence-electron chi connectivity index (χ3n) is 5.25. The maximum Gasteiger partial charge on any atom is 0.323 e. The Labute approximate surface area is 169 Å². The Bertz CT molecular complexity index is 1080. The van der Waals surface area contributed by atoms with Crippen molar-refractivity contribution < 1.29 is 9.53 Å². The van der Waals surface area contributed by atoms with E-state index in [0.29, 0.717) is 35.5 Å².